The summed E-state index contributed by atoms with van der Waals surface area (Å²) in [5.41, 5.74) is 0. The maximum Gasteiger partial charge on any atom is 0.0894 e. The lowest BCUT2D eigenvalue weighted by Crippen LogP contribution is -2.31. The summed E-state index contributed by atoms with van der Waals surface area (Å²) in [5.74, 6) is 0. The van der Waals surface area contributed by atoms with E-state index < -0.39 is 6.10 Å². The van der Waals surface area contributed by atoms with E-state index in [9.17, 15) is 0 Å². The molecule has 0 saturated heterocycles. The Hall–Kier alpha value is -0.160. The monoisotopic (exact) mass is 218 g/mol. The first-order valence-electron chi connectivity index (χ1n) is 5.77. The third kappa shape index (κ3) is 8.81. The highest BCUT2D eigenvalue weighted by atomic mass is 16.3. The molecule has 0 aromatic rings. The highest BCUT2D eigenvalue weighted by Gasteiger charge is 2.02. The summed E-state index contributed by atoms with van der Waals surface area (Å²) in [6, 6.07) is 0.606. The number of nitrogens with one attached hydrogen (secondary N) is 1. The van der Waals surface area contributed by atoms with Crippen LogP contribution in [-0.2, 0) is 0 Å². The molecule has 0 spiro atoms. The van der Waals surface area contributed by atoms with Crippen LogP contribution >= 0.6 is 0 Å². The van der Waals surface area contributed by atoms with Crippen LogP contribution < -0.4 is 5.32 Å². The summed E-state index contributed by atoms with van der Waals surface area (Å²) in [6.45, 7) is 6.72. The second kappa shape index (κ2) is 9.09. The van der Waals surface area contributed by atoms with Gasteiger partial charge in [-0.1, -0.05) is 0 Å². The first-order valence-corrected chi connectivity index (χ1v) is 5.77. The van der Waals surface area contributed by atoms with E-state index in [0.717, 1.165) is 25.9 Å². The Labute approximate surface area is 93.3 Å². The van der Waals surface area contributed by atoms with E-state index in [2.05, 4.69) is 31.1 Å². The fourth-order valence-electron chi connectivity index (χ4n) is 1.20. The highest BCUT2D eigenvalue weighted by molar-refractivity contribution is 4.59. The lowest BCUT2D eigenvalue weighted by atomic mass is 10.2. The van der Waals surface area contributed by atoms with E-state index in [1.165, 1.54) is 0 Å². The van der Waals surface area contributed by atoms with Crippen molar-refractivity contribution < 1.29 is 10.2 Å². The standard InChI is InChI=1S/C11H26N2O2/c1-10(2)13(3)7-5-4-6-12-8-11(15)9-14/h10-12,14-15H,4-9H2,1-3H3. The zero-order chi connectivity index (χ0) is 11.7. The van der Waals surface area contributed by atoms with E-state index in [-0.39, 0.29) is 6.61 Å². The van der Waals surface area contributed by atoms with E-state index in [1.54, 1.807) is 0 Å². The largest absolute Gasteiger partial charge is 0.394 e. The zero-order valence-corrected chi connectivity index (χ0v) is 10.2. The van der Waals surface area contributed by atoms with Crippen LogP contribution in [0.3, 0.4) is 0 Å². The van der Waals surface area contributed by atoms with Gasteiger partial charge in [0.15, 0.2) is 0 Å². The van der Waals surface area contributed by atoms with Gasteiger partial charge in [0, 0.05) is 12.6 Å². The summed E-state index contributed by atoms with van der Waals surface area (Å²) < 4.78 is 0. The quantitative estimate of drug-likeness (QED) is 0.479. The van der Waals surface area contributed by atoms with Gasteiger partial charge in [-0.15, -0.1) is 0 Å². The van der Waals surface area contributed by atoms with Gasteiger partial charge in [0.05, 0.1) is 12.7 Å². The molecule has 0 aromatic heterocycles. The van der Waals surface area contributed by atoms with Crippen LogP contribution in [0.1, 0.15) is 26.7 Å². The van der Waals surface area contributed by atoms with Gasteiger partial charge in [0.1, 0.15) is 0 Å². The number of nitrogens with zero attached hydrogens (tertiary/aromatic N) is 1. The Morgan fingerprint density at radius 3 is 2.47 bits per heavy atom. The SMILES string of the molecule is CC(C)N(C)CCCCNCC(O)CO. The second-order valence-electron chi connectivity index (χ2n) is 4.32. The number of hydrogen-bond donors (Lipinski definition) is 3. The van der Waals surface area contributed by atoms with Crippen LogP contribution in [-0.4, -0.2) is 60.5 Å². The van der Waals surface area contributed by atoms with Gasteiger partial charge in [-0.05, 0) is 46.8 Å². The van der Waals surface area contributed by atoms with Crippen molar-refractivity contribution in [1.82, 2.24) is 10.2 Å². The zero-order valence-electron chi connectivity index (χ0n) is 10.2. The number of aliphatic hydroxyl groups is 2. The summed E-state index contributed by atoms with van der Waals surface area (Å²) in [6.07, 6.45) is 1.65. The molecule has 0 aliphatic heterocycles. The number of rotatable bonds is 9. The average molecular weight is 218 g/mol. The molecule has 1 unspecified atom stereocenters. The molecule has 0 amide bonds. The van der Waals surface area contributed by atoms with Crippen molar-refractivity contribution in [3.05, 3.63) is 0 Å². The number of hydrogen-bond acceptors (Lipinski definition) is 4. The van der Waals surface area contributed by atoms with Gasteiger partial charge in [-0.2, -0.15) is 0 Å². The first kappa shape index (κ1) is 14.8. The molecule has 92 valence electrons. The van der Waals surface area contributed by atoms with Crippen molar-refractivity contribution in [1.29, 1.82) is 0 Å². The van der Waals surface area contributed by atoms with Crippen molar-refractivity contribution >= 4 is 0 Å². The molecule has 1 atom stereocenters. The molecule has 0 radical (unpaired) electrons. The molecule has 0 fully saturated rings. The Morgan fingerprint density at radius 2 is 1.93 bits per heavy atom. The molecule has 15 heavy (non-hydrogen) atoms. The van der Waals surface area contributed by atoms with Crippen LogP contribution in [0.15, 0.2) is 0 Å². The summed E-state index contributed by atoms with van der Waals surface area (Å²) >= 11 is 0. The molecule has 0 aliphatic carbocycles. The molecule has 0 bridgehead atoms. The van der Waals surface area contributed by atoms with E-state index >= 15 is 0 Å². The fourth-order valence-corrected chi connectivity index (χ4v) is 1.20. The van der Waals surface area contributed by atoms with Crippen LogP contribution in [0, 0.1) is 0 Å². The van der Waals surface area contributed by atoms with Gasteiger partial charge < -0.3 is 20.4 Å². The predicted molar refractivity (Wildman–Crippen MR) is 63.0 cm³/mol. The van der Waals surface area contributed by atoms with Gasteiger partial charge in [-0.3, -0.25) is 0 Å². The molecule has 0 heterocycles. The van der Waals surface area contributed by atoms with Crippen molar-refractivity contribution in [2.75, 3.05) is 33.3 Å². The molecule has 0 aliphatic rings. The lowest BCUT2D eigenvalue weighted by Gasteiger charge is -2.20. The van der Waals surface area contributed by atoms with Gasteiger partial charge in [0.2, 0.25) is 0 Å². The van der Waals surface area contributed by atoms with Crippen molar-refractivity contribution in [2.24, 2.45) is 0 Å². The maximum atomic E-state index is 9.05. The Kier molecular flexibility index (Phi) is 9.00. The van der Waals surface area contributed by atoms with Crippen molar-refractivity contribution in [2.45, 2.75) is 38.8 Å². The molecule has 4 heteroatoms. The first-order chi connectivity index (χ1) is 7.07. The fraction of sp³-hybridized carbons (Fsp3) is 1.00. The Bertz CT molecular complexity index is 143. The Balaban J connectivity index is 3.18. The molecule has 0 aromatic carbocycles. The molecular weight excluding hydrogens is 192 g/mol. The van der Waals surface area contributed by atoms with Gasteiger partial charge in [0.25, 0.3) is 0 Å². The molecule has 0 saturated carbocycles. The topological polar surface area (TPSA) is 55.7 Å². The third-order valence-corrected chi connectivity index (χ3v) is 2.59. The normalized spacial score (nSPS) is 13.8. The minimum Gasteiger partial charge on any atom is -0.394 e. The van der Waals surface area contributed by atoms with Crippen LogP contribution in [0.25, 0.3) is 0 Å². The molecule has 0 rings (SSSR count). The van der Waals surface area contributed by atoms with Crippen molar-refractivity contribution in [3.63, 3.8) is 0 Å². The summed E-state index contributed by atoms with van der Waals surface area (Å²) in [5, 5.41) is 20.7. The molecular formula is C11H26N2O2. The van der Waals surface area contributed by atoms with Crippen LogP contribution in [0.2, 0.25) is 0 Å². The van der Waals surface area contributed by atoms with Gasteiger partial charge >= 0.3 is 0 Å². The average Bonchev–Trinajstić information content (AvgIpc) is 2.22. The Morgan fingerprint density at radius 1 is 1.27 bits per heavy atom. The summed E-state index contributed by atoms with van der Waals surface area (Å²) in [7, 11) is 2.13. The molecule has 3 N–H and O–H groups in total. The van der Waals surface area contributed by atoms with Crippen molar-refractivity contribution in [3.8, 4) is 0 Å². The predicted octanol–water partition coefficient (Wildman–Crippen LogP) is 0.0496. The smallest absolute Gasteiger partial charge is 0.0894 e. The number of unbranched alkanes of at least 4 members (excludes halogenated alkanes) is 1. The van der Waals surface area contributed by atoms with E-state index in [0.29, 0.717) is 12.6 Å². The third-order valence-electron chi connectivity index (χ3n) is 2.59. The van der Waals surface area contributed by atoms with E-state index in [4.69, 9.17) is 10.2 Å². The van der Waals surface area contributed by atoms with Crippen LogP contribution in [0.4, 0.5) is 0 Å². The highest BCUT2D eigenvalue weighted by Crippen LogP contribution is 1.97. The van der Waals surface area contributed by atoms with Crippen LogP contribution in [0.5, 0.6) is 0 Å². The number of aliphatic hydroxyl groups excluding tert-OH is 2. The minimum absolute atomic E-state index is 0.164. The van der Waals surface area contributed by atoms with E-state index in [1.807, 2.05) is 0 Å². The second-order valence-corrected chi connectivity index (χ2v) is 4.32. The van der Waals surface area contributed by atoms with Gasteiger partial charge in [-0.25, -0.2) is 0 Å². The maximum absolute atomic E-state index is 9.05. The lowest BCUT2D eigenvalue weighted by molar-refractivity contribution is 0.0944. The summed E-state index contributed by atoms with van der Waals surface area (Å²) in [4.78, 5) is 2.32. The molecule has 4 nitrogen and oxygen atoms in total. The minimum atomic E-state index is -0.622.